The topological polar surface area (TPSA) is 169 Å². The second-order valence-electron chi connectivity index (χ2n) is 17.8. The second kappa shape index (κ2) is 16.6. The number of rotatable bonds is 10. The van der Waals surface area contributed by atoms with Crippen LogP contribution >= 0.6 is 0 Å². The number of anilines is 2. The minimum Gasteiger partial charge on any atom is -0.371 e. The molecule has 5 aliphatic rings. The third kappa shape index (κ3) is 7.90. The quantitative estimate of drug-likeness (QED) is 0.150. The normalized spacial score (nSPS) is 21.9. The van der Waals surface area contributed by atoms with Gasteiger partial charge in [0.05, 0.1) is 40.9 Å². The lowest BCUT2D eigenvalue weighted by Gasteiger charge is -2.38. The van der Waals surface area contributed by atoms with E-state index in [1.54, 1.807) is 12.1 Å². The highest BCUT2D eigenvalue weighted by molar-refractivity contribution is 6.23. The van der Waals surface area contributed by atoms with Crippen molar-refractivity contribution in [2.24, 2.45) is 5.92 Å². The Morgan fingerprint density at radius 3 is 2.37 bits per heavy atom. The molecule has 320 valence electrons. The fraction of sp³-hybridized carbons (Fsp3) is 0.426. The van der Waals surface area contributed by atoms with Crippen molar-refractivity contribution in [2.75, 3.05) is 49.5 Å². The van der Waals surface area contributed by atoms with E-state index in [0.717, 1.165) is 116 Å². The molecule has 5 aliphatic heterocycles. The van der Waals surface area contributed by atoms with E-state index in [9.17, 15) is 24.0 Å². The third-order valence-corrected chi connectivity index (χ3v) is 13.8. The number of nitrogens with zero attached hydrogens (tertiary/aromatic N) is 7. The Kier molecular flexibility index (Phi) is 10.7. The summed E-state index contributed by atoms with van der Waals surface area (Å²) in [7, 11) is 0. The molecule has 0 saturated carbocycles. The predicted molar refractivity (Wildman–Crippen MR) is 234 cm³/mol. The van der Waals surface area contributed by atoms with Crippen molar-refractivity contribution in [3.05, 3.63) is 95.6 Å². The lowest BCUT2D eigenvalue weighted by atomic mass is 9.94. The van der Waals surface area contributed by atoms with E-state index in [-0.39, 0.29) is 24.7 Å². The number of carbonyl (C=O) groups is 5. The molecule has 15 heteroatoms. The Morgan fingerprint density at radius 1 is 0.823 bits per heavy atom. The van der Waals surface area contributed by atoms with Gasteiger partial charge in [-0.2, -0.15) is 5.10 Å². The van der Waals surface area contributed by atoms with Gasteiger partial charge >= 0.3 is 0 Å². The van der Waals surface area contributed by atoms with Crippen LogP contribution in [0.1, 0.15) is 101 Å². The molecule has 5 amide bonds. The summed E-state index contributed by atoms with van der Waals surface area (Å²) in [5.41, 5.74) is 6.71. The van der Waals surface area contributed by atoms with Crippen LogP contribution in [0.3, 0.4) is 0 Å². The van der Waals surface area contributed by atoms with E-state index in [4.69, 9.17) is 10.1 Å². The number of aromatic amines is 1. The lowest BCUT2D eigenvalue weighted by Crippen LogP contribution is -2.54. The van der Waals surface area contributed by atoms with Gasteiger partial charge in [-0.05, 0) is 118 Å². The maximum atomic E-state index is 13.4. The zero-order valence-electron chi connectivity index (χ0n) is 35.0. The third-order valence-electron chi connectivity index (χ3n) is 13.8. The first kappa shape index (κ1) is 39.9. The van der Waals surface area contributed by atoms with Gasteiger partial charge in [-0.1, -0.05) is 12.1 Å². The largest absolute Gasteiger partial charge is 0.371 e. The van der Waals surface area contributed by atoms with E-state index < -0.39 is 23.8 Å². The first-order valence-electron chi connectivity index (χ1n) is 22.1. The van der Waals surface area contributed by atoms with E-state index >= 15 is 0 Å². The molecule has 7 heterocycles. The molecule has 10 rings (SSSR count). The highest BCUT2D eigenvalue weighted by atomic mass is 16.2. The number of imidazole rings is 1. The van der Waals surface area contributed by atoms with Gasteiger partial charge in [0, 0.05) is 73.9 Å². The Balaban J connectivity index is 0.680. The van der Waals surface area contributed by atoms with Crippen LogP contribution in [0.15, 0.2) is 73.1 Å². The smallest absolute Gasteiger partial charge is 0.262 e. The molecule has 1 unspecified atom stereocenters. The number of nitrogens with one attached hydrogen (secondary N) is 3. The number of fused-ring (bicyclic) bond motifs is 2. The van der Waals surface area contributed by atoms with Crippen molar-refractivity contribution < 1.29 is 24.0 Å². The van der Waals surface area contributed by atoms with Crippen LogP contribution in [-0.2, 0) is 16.1 Å². The molecule has 15 nitrogen and oxygen atoms in total. The molecule has 4 saturated heterocycles. The van der Waals surface area contributed by atoms with Gasteiger partial charge in [0.25, 0.3) is 17.7 Å². The fourth-order valence-corrected chi connectivity index (χ4v) is 10.1. The summed E-state index contributed by atoms with van der Waals surface area (Å²) in [6.45, 7) is 8.99. The minimum absolute atomic E-state index is 0.0977. The van der Waals surface area contributed by atoms with E-state index in [1.807, 2.05) is 54.7 Å². The lowest BCUT2D eigenvalue weighted by molar-refractivity contribution is -0.136. The van der Waals surface area contributed by atoms with Gasteiger partial charge in [0.2, 0.25) is 11.8 Å². The molecule has 2 atom stereocenters. The second-order valence-corrected chi connectivity index (χ2v) is 17.8. The summed E-state index contributed by atoms with van der Waals surface area (Å²) in [5.74, 6) is -0.573. The van der Waals surface area contributed by atoms with Crippen molar-refractivity contribution in [3.63, 3.8) is 0 Å². The van der Waals surface area contributed by atoms with Crippen LogP contribution in [0.2, 0.25) is 0 Å². The number of aromatic nitrogens is 4. The Hall–Kier alpha value is -6.19. The maximum Gasteiger partial charge on any atom is 0.262 e. The Bertz CT molecular complexity index is 2550. The first-order chi connectivity index (χ1) is 30.1. The molecule has 62 heavy (non-hydrogen) atoms. The van der Waals surface area contributed by atoms with Gasteiger partial charge in [-0.15, -0.1) is 0 Å². The number of hydrogen-bond acceptors (Lipinski definition) is 10. The van der Waals surface area contributed by atoms with Crippen LogP contribution in [0.25, 0.3) is 22.2 Å². The number of H-pyrrole nitrogens is 1. The van der Waals surface area contributed by atoms with E-state index in [0.29, 0.717) is 34.7 Å². The standard InChI is InChI=1S/C47H52N10O5/c1-29-3-2-18-55(29)28-42-50-39-11-8-34(23-40(39)51-42)49-44(59)32-6-4-31(5-7-32)33-25-48-56(27-33)35-16-19-53(20-17-35)26-30-14-21-54(22-15-30)36-9-10-37-38(24-36)47(62)57(46(37)61)41-12-13-43(58)52-45(41)60/h4-11,23-25,27,29-30,35,41H,2-3,12-22,26,28H2,1H3,(H,49,59)(H,50,51)(H,52,58,60)/t29-,41?/m0/s1. The number of likely N-dealkylation sites (tertiary alicyclic amines) is 2. The summed E-state index contributed by atoms with van der Waals surface area (Å²) in [6, 6.07) is 18.8. The van der Waals surface area contributed by atoms with Gasteiger partial charge in [-0.25, -0.2) is 4.98 Å². The van der Waals surface area contributed by atoms with Crippen molar-refractivity contribution >= 4 is 51.9 Å². The predicted octanol–water partition coefficient (Wildman–Crippen LogP) is 5.62. The monoisotopic (exact) mass is 836 g/mol. The highest BCUT2D eigenvalue weighted by Gasteiger charge is 2.45. The molecular formula is C47H52N10O5. The summed E-state index contributed by atoms with van der Waals surface area (Å²) < 4.78 is 2.10. The zero-order valence-corrected chi connectivity index (χ0v) is 35.0. The van der Waals surface area contributed by atoms with E-state index in [2.05, 4.69) is 48.1 Å². The van der Waals surface area contributed by atoms with Gasteiger partial charge in [-0.3, -0.25) is 43.8 Å². The summed E-state index contributed by atoms with van der Waals surface area (Å²) in [4.78, 5) is 80.4. The van der Waals surface area contributed by atoms with Crippen LogP contribution in [0.5, 0.6) is 0 Å². The van der Waals surface area contributed by atoms with Crippen molar-refractivity contribution in [3.8, 4) is 11.1 Å². The summed E-state index contributed by atoms with van der Waals surface area (Å²) in [6.07, 6.45) is 10.9. The Labute approximate surface area is 359 Å². The van der Waals surface area contributed by atoms with Crippen molar-refractivity contribution in [1.29, 1.82) is 0 Å². The average molecular weight is 837 g/mol. The van der Waals surface area contributed by atoms with E-state index in [1.165, 1.54) is 12.8 Å². The zero-order chi connectivity index (χ0) is 42.5. The number of carbonyl (C=O) groups excluding carboxylic acids is 5. The number of benzene rings is 3. The van der Waals surface area contributed by atoms with Crippen LogP contribution in [0, 0.1) is 5.92 Å². The number of piperidine rings is 3. The first-order valence-corrected chi connectivity index (χ1v) is 22.1. The van der Waals surface area contributed by atoms with Gasteiger partial charge in [0.15, 0.2) is 0 Å². The number of imide groups is 2. The van der Waals surface area contributed by atoms with Crippen molar-refractivity contribution in [2.45, 2.75) is 83.0 Å². The minimum atomic E-state index is -0.966. The number of hydrogen-bond donors (Lipinski definition) is 3. The molecule has 0 aliphatic carbocycles. The fourth-order valence-electron chi connectivity index (χ4n) is 10.1. The average Bonchev–Trinajstić information content (AvgIpc) is 4.08. The highest BCUT2D eigenvalue weighted by Crippen LogP contribution is 2.33. The molecule has 0 bridgehead atoms. The van der Waals surface area contributed by atoms with Crippen LogP contribution in [-0.4, -0.2) is 115 Å². The SMILES string of the molecule is C[C@H]1CCCN1Cc1nc2ccc(NC(=O)c3ccc(-c4cnn(C5CCN(CC6CCN(c7ccc8c(c7)C(=O)N(C7CCC(=O)NC7=O)C8=O)CC6)CC5)c4)cc3)cc2[nH]1. The molecule has 3 aromatic carbocycles. The molecule has 0 spiro atoms. The molecule has 4 fully saturated rings. The maximum absolute atomic E-state index is 13.4. The molecule has 0 radical (unpaired) electrons. The Morgan fingerprint density at radius 2 is 1.61 bits per heavy atom. The molecule has 2 aromatic heterocycles. The van der Waals surface area contributed by atoms with Crippen LogP contribution in [0.4, 0.5) is 11.4 Å². The molecule has 3 N–H and O–H groups in total. The molecular weight excluding hydrogens is 785 g/mol. The summed E-state index contributed by atoms with van der Waals surface area (Å²) >= 11 is 0. The van der Waals surface area contributed by atoms with Gasteiger partial charge < -0.3 is 20.1 Å². The van der Waals surface area contributed by atoms with Crippen molar-refractivity contribution in [1.82, 2.24) is 39.8 Å². The summed E-state index contributed by atoms with van der Waals surface area (Å²) in [5, 5.41) is 10.1. The number of amides is 5. The molecule has 5 aromatic rings. The van der Waals surface area contributed by atoms with Crippen LogP contribution < -0.4 is 15.5 Å². The van der Waals surface area contributed by atoms with Gasteiger partial charge in [0.1, 0.15) is 11.9 Å².